The van der Waals surface area contributed by atoms with E-state index in [1.807, 2.05) is 11.0 Å². The monoisotopic (exact) mass is 240 g/mol. The number of hydrogen-bond acceptors (Lipinski definition) is 6. The smallest absolute Gasteiger partial charge is 0.134 e. The molecule has 6 heteroatoms. The molecule has 1 rings (SSSR count). The summed E-state index contributed by atoms with van der Waals surface area (Å²) in [4.78, 5) is 10.1. The fourth-order valence-electron chi connectivity index (χ4n) is 1.45. The van der Waals surface area contributed by atoms with Gasteiger partial charge in [-0.05, 0) is 6.42 Å². The van der Waals surface area contributed by atoms with Crippen LogP contribution in [0.4, 0.5) is 11.6 Å². The van der Waals surface area contributed by atoms with Gasteiger partial charge >= 0.3 is 0 Å². The molecule has 0 aliphatic carbocycles. The molecule has 0 radical (unpaired) electrons. The molecule has 1 heterocycles. The standard InChI is InChI=1S/C11H20N4O2/c1-2-3-12-10-8-11(14-9-13-10)15(4-6-16)5-7-17/h8-9,16-17H,2-7H2,1H3,(H,12,13,14). The first-order valence-corrected chi connectivity index (χ1v) is 5.84. The molecule has 96 valence electrons. The lowest BCUT2D eigenvalue weighted by atomic mass is 10.4. The van der Waals surface area contributed by atoms with E-state index in [9.17, 15) is 0 Å². The molecule has 1 aromatic rings. The summed E-state index contributed by atoms with van der Waals surface area (Å²) in [6.07, 6.45) is 2.51. The Labute approximate surface area is 101 Å². The average Bonchev–Trinajstić information content (AvgIpc) is 2.36. The van der Waals surface area contributed by atoms with Crippen molar-refractivity contribution in [3.05, 3.63) is 12.4 Å². The number of rotatable bonds is 8. The van der Waals surface area contributed by atoms with Crippen LogP contribution >= 0.6 is 0 Å². The predicted octanol–water partition coefficient (Wildman–Crippen LogP) is 0.0895. The first kappa shape index (κ1) is 13.7. The Hall–Kier alpha value is -1.40. The highest BCUT2D eigenvalue weighted by atomic mass is 16.3. The Kier molecular flexibility index (Phi) is 6.27. The van der Waals surface area contributed by atoms with Crippen molar-refractivity contribution in [2.75, 3.05) is 43.1 Å². The lowest BCUT2D eigenvalue weighted by molar-refractivity contribution is 0.280. The van der Waals surface area contributed by atoms with Gasteiger partial charge in [-0.2, -0.15) is 0 Å². The first-order chi connectivity index (χ1) is 8.31. The Bertz CT molecular complexity index is 316. The van der Waals surface area contributed by atoms with E-state index in [-0.39, 0.29) is 13.2 Å². The van der Waals surface area contributed by atoms with Crippen molar-refractivity contribution in [3.63, 3.8) is 0 Å². The van der Waals surface area contributed by atoms with E-state index in [2.05, 4.69) is 22.2 Å². The van der Waals surface area contributed by atoms with E-state index in [1.165, 1.54) is 6.33 Å². The molecule has 0 bridgehead atoms. The zero-order chi connectivity index (χ0) is 12.5. The summed E-state index contributed by atoms with van der Waals surface area (Å²) in [5.74, 6) is 1.47. The van der Waals surface area contributed by atoms with Gasteiger partial charge in [0.1, 0.15) is 18.0 Å². The van der Waals surface area contributed by atoms with Gasteiger partial charge < -0.3 is 20.4 Å². The number of aromatic nitrogens is 2. The second-order valence-electron chi connectivity index (χ2n) is 3.62. The molecule has 6 nitrogen and oxygen atoms in total. The Morgan fingerprint density at radius 1 is 1.24 bits per heavy atom. The molecule has 0 spiro atoms. The van der Waals surface area contributed by atoms with Crippen LogP contribution in [0, 0.1) is 0 Å². The van der Waals surface area contributed by atoms with Gasteiger partial charge in [-0.25, -0.2) is 9.97 Å². The first-order valence-electron chi connectivity index (χ1n) is 5.84. The number of nitrogens with one attached hydrogen (secondary N) is 1. The van der Waals surface area contributed by atoms with Crippen LogP contribution in [0.2, 0.25) is 0 Å². The molecule has 0 saturated heterocycles. The molecule has 0 aliphatic rings. The summed E-state index contributed by atoms with van der Waals surface area (Å²) in [7, 11) is 0. The summed E-state index contributed by atoms with van der Waals surface area (Å²) in [6, 6.07) is 1.82. The van der Waals surface area contributed by atoms with Gasteiger partial charge in [-0.3, -0.25) is 0 Å². The van der Waals surface area contributed by atoms with Crippen LogP contribution < -0.4 is 10.2 Å². The minimum Gasteiger partial charge on any atom is -0.395 e. The number of aliphatic hydroxyl groups is 2. The van der Waals surface area contributed by atoms with Gasteiger partial charge in [-0.15, -0.1) is 0 Å². The molecular formula is C11H20N4O2. The highest BCUT2D eigenvalue weighted by molar-refractivity contribution is 5.48. The zero-order valence-electron chi connectivity index (χ0n) is 10.1. The van der Waals surface area contributed by atoms with E-state index in [1.54, 1.807) is 0 Å². The molecular weight excluding hydrogens is 220 g/mol. The highest BCUT2D eigenvalue weighted by Gasteiger charge is 2.07. The summed E-state index contributed by atoms with van der Waals surface area (Å²) in [6.45, 7) is 3.90. The van der Waals surface area contributed by atoms with Crippen LogP contribution in [0.1, 0.15) is 13.3 Å². The summed E-state index contributed by atoms with van der Waals surface area (Å²) in [5.41, 5.74) is 0. The van der Waals surface area contributed by atoms with E-state index in [4.69, 9.17) is 10.2 Å². The van der Waals surface area contributed by atoms with Gasteiger partial charge in [0.05, 0.1) is 13.2 Å². The Balaban J connectivity index is 2.72. The molecule has 0 unspecified atom stereocenters. The fourth-order valence-corrected chi connectivity index (χ4v) is 1.45. The maximum absolute atomic E-state index is 8.95. The van der Waals surface area contributed by atoms with Crippen molar-refractivity contribution in [2.24, 2.45) is 0 Å². The number of anilines is 2. The van der Waals surface area contributed by atoms with Gasteiger partial charge in [0.25, 0.3) is 0 Å². The van der Waals surface area contributed by atoms with E-state index >= 15 is 0 Å². The van der Waals surface area contributed by atoms with Crippen molar-refractivity contribution in [1.29, 1.82) is 0 Å². The summed E-state index contributed by atoms with van der Waals surface area (Å²) >= 11 is 0. The quantitative estimate of drug-likeness (QED) is 0.597. The van der Waals surface area contributed by atoms with Gasteiger partial charge in [0, 0.05) is 25.7 Å². The highest BCUT2D eigenvalue weighted by Crippen LogP contribution is 2.13. The van der Waals surface area contributed by atoms with E-state index in [0.717, 1.165) is 18.8 Å². The normalized spacial score (nSPS) is 10.3. The summed E-state index contributed by atoms with van der Waals surface area (Å²) < 4.78 is 0. The minimum absolute atomic E-state index is 0.0295. The van der Waals surface area contributed by atoms with Gasteiger partial charge in [0.15, 0.2) is 0 Å². The molecule has 0 atom stereocenters. The fraction of sp³-hybridized carbons (Fsp3) is 0.636. The van der Waals surface area contributed by atoms with Gasteiger partial charge in [0.2, 0.25) is 0 Å². The lowest BCUT2D eigenvalue weighted by Gasteiger charge is -2.21. The lowest BCUT2D eigenvalue weighted by Crippen LogP contribution is -2.30. The van der Waals surface area contributed by atoms with Crippen LogP contribution in [0.15, 0.2) is 12.4 Å². The Morgan fingerprint density at radius 2 is 1.94 bits per heavy atom. The second-order valence-corrected chi connectivity index (χ2v) is 3.62. The van der Waals surface area contributed by atoms with Crippen molar-refractivity contribution in [3.8, 4) is 0 Å². The predicted molar refractivity (Wildman–Crippen MR) is 67.2 cm³/mol. The van der Waals surface area contributed by atoms with Crippen molar-refractivity contribution >= 4 is 11.6 Å². The third kappa shape index (κ3) is 4.54. The van der Waals surface area contributed by atoms with Crippen molar-refractivity contribution in [1.82, 2.24) is 9.97 Å². The molecule has 0 saturated carbocycles. The molecule has 3 N–H and O–H groups in total. The van der Waals surface area contributed by atoms with Crippen LogP contribution in [0.5, 0.6) is 0 Å². The van der Waals surface area contributed by atoms with E-state index < -0.39 is 0 Å². The minimum atomic E-state index is 0.0295. The Morgan fingerprint density at radius 3 is 2.53 bits per heavy atom. The molecule has 0 aromatic carbocycles. The topological polar surface area (TPSA) is 81.5 Å². The molecule has 1 aromatic heterocycles. The maximum atomic E-state index is 8.95. The third-order valence-electron chi connectivity index (χ3n) is 2.27. The van der Waals surface area contributed by atoms with E-state index in [0.29, 0.717) is 18.9 Å². The van der Waals surface area contributed by atoms with Gasteiger partial charge in [-0.1, -0.05) is 6.92 Å². The number of aliphatic hydroxyl groups excluding tert-OH is 2. The third-order valence-corrected chi connectivity index (χ3v) is 2.27. The summed E-state index contributed by atoms with van der Waals surface area (Å²) in [5, 5.41) is 21.1. The molecule has 17 heavy (non-hydrogen) atoms. The molecule has 0 amide bonds. The van der Waals surface area contributed by atoms with Crippen molar-refractivity contribution < 1.29 is 10.2 Å². The van der Waals surface area contributed by atoms with Crippen LogP contribution in [-0.2, 0) is 0 Å². The van der Waals surface area contributed by atoms with Crippen molar-refractivity contribution in [2.45, 2.75) is 13.3 Å². The largest absolute Gasteiger partial charge is 0.395 e. The zero-order valence-corrected chi connectivity index (χ0v) is 10.1. The SMILES string of the molecule is CCCNc1cc(N(CCO)CCO)ncn1. The van der Waals surface area contributed by atoms with Crippen LogP contribution in [0.3, 0.4) is 0 Å². The van der Waals surface area contributed by atoms with Crippen LogP contribution in [-0.4, -0.2) is 53.0 Å². The van der Waals surface area contributed by atoms with Crippen LogP contribution in [0.25, 0.3) is 0 Å². The number of nitrogens with zero attached hydrogens (tertiary/aromatic N) is 3. The maximum Gasteiger partial charge on any atom is 0.134 e. The average molecular weight is 240 g/mol. The number of hydrogen-bond donors (Lipinski definition) is 3. The molecule has 0 fully saturated rings. The molecule has 0 aliphatic heterocycles. The second kappa shape index (κ2) is 7.81.